The van der Waals surface area contributed by atoms with Crippen LogP contribution in [0.25, 0.3) is 0 Å². The topological polar surface area (TPSA) is 72.9 Å². The lowest BCUT2D eigenvalue weighted by Gasteiger charge is -1.94. The van der Waals surface area contributed by atoms with Crippen LogP contribution in [0.3, 0.4) is 0 Å². The predicted molar refractivity (Wildman–Crippen MR) is 45.7 cm³/mol. The molecule has 0 aliphatic heterocycles. The first-order valence-electron chi connectivity index (χ1n) is 3.59. The summed E-state index contributed by atoms with van der Waals surface area (Å²) in [6.45, 7) is 1.77. The van der Waals surface area contributed by atoms with Gasteiger partial charge in [-0.05, 0) is 6.92 Å². The van der Waals surface area contributed by atoms with E-state index in [0.29, 0.717) is 11.5 Å². The highest BCUT2D eigenvalue weighted by Crippen LogP contribution is 2.13. The fourth-order valence-electron chi connectivity index (χ4n) is 0.977. The van der Waals surface area contributed by atoms with E-state index in [0.717, 1.165) is 5.56 Å². The molecule has 5 nitrogen and oxygen atoms in total. The number of amides is 1. The van der Waals surface area contributed by atoms with Crippen molar-refractivity contribution in [3.8, 4) is 0 Å². The molecule has 12 heavy (non-hydrogen) atoms. The third-order valence-corrected chi connectivity index (χ3v) is 1.78. The van der Waals surface area contributed by atoms with Crippen molar-refractivity contribution in [2.75, 3.05) is 12.8 Å². The Bertz CT molecular complexity index is 315. The van der Waals surface area contributed by atoms with Crippen LogP contribution in [-0.4, -0.2) is 22.7 Å². The third kappa shape index (κ3) is 1.13. The van der Waals surface area contributed by atoms with Gasteiger partial charge in [-0.3, -0.25) is 9.48 Å². The normalized spacial score (nSPS) is 9.92. The van der Waals surface area contributed by atoms with Crippen molar-refractivity contribution in [1.82, 2.24) is 15.1 Å². The zero-order valence-corrected chi connectivity index (χ0v) is 7.38. The molecule has 0 fully saturated rings. The summed E-state index contributed by atoms with van der Waals surface area (Å²) in [6, 6.07) is 0. The molecule has 0 radical (unpaired) electrons. The van der Waals surface area contributed by atoms with Crippen LogP contribution in [0.2, 0.25) is 0 Å². The minimum atomic E-state index is -0.209. The number of aromatic nitrogens is 2. The molecule has 3 N–H and O–H groups in total. The number of hydrogen-bond donors (Lipinski definition) is 2. The number of rotatable bonds is 1. The van der Waals surface area contributed by atoms with Crippen LogP contribution in [0.1, 0.15) is 16.1 Å². The molecule has 1 aromatic heterocycles. The van der Waals surface area contributed by atoms with Gasteiger partial charge < -0.3 is 11.1 Å². The van der Waals surface area contributed by atoms with E-state index < -0.39 is 0 Å². The number of anilines is 1. The number of hydrogen-bond acceptors (Lipinski definition) is 3. The van der Waals surface area contributed by atoms with E-state index in [1.54, 1.807) is 21.0 Å². The summed E-state index contributed by atoms with van der Waals surface area (Å²) in [5.41, 5.74) is 6.72. The molecule has 0 atom stereocenters. The number of carbonyl (C=O) groups is 1. The highest BCUT2D eigenvalue weighted by molar-refractivity contribution is 5.94. The molecule has 1 heterocycles. The van der Waals surface area contributed by atoms with Crippen LogP contribution in [-0.2, 0) is 7.05 Å². The Morgan fingerprint density at radius 3 is 2.58 bits per heavy atom. The monoisotopic (exact) mass is 168 g/mol. The minimum absolute atomic E-state index is 0.209. The lowest BCUT2D eigenvalue weighted by atomic mass is 10.2. The molecule has 0 bridgehead atoms. The standard InChI is InChI=1S/C7H12N4O/c1-4-5(7(12)9-2)10-11(3)6(4)8/h8H2,1-3H3,(H,9,12). The summed E-state index contributed by atoms with van der Waals surface area (Å²) in [6.07, 6.45) is 0. The maximum absolute atomic E-state index is 11.2. The second kappa shape index (κ2) is 2.84. The fourth-order valence-corrected chi connectivity index (χ4v) is 0.977. The van der Waals surface area contributed by atoms with Gasteiger partial charge in [0.2, 0.25) is 0 Å². The molecule has 0 unspecified atom stereocenters. The maximum Gasteiger partial charge on any atom is 0.271 e. The summed E-state index contributed by atoms with van der Waals surface area (Å²) in [5, 5.41) is 6.45. The SMILES string of the molecule is CNC(=O)c1nn(C)c(N)c1C. The Labute approximate surface area is 70.5 Å². The largest absolute Gasteiger partial charge is 0.384 e. The fraction of sp³-hybridized carbons (Fsp3) is 0.429. The van der Waals surface area contributed by atoms with Gasteiger partial charge in [0.1, 0.15) is 5.82 Å². The summed E-state index contributed by atoms with van der Waals surface area (Å²) >= 11 is 0. The molecule has 0 spiro atoms. The van der Waals surface area contributed by atoms with Gasteiger partial charge in [0.15, 0.2) is 5.69 Å². The summed E-state index contributed by atoms with van der Waals surface area (Å²) in [7, 11) is 3.27. The van der Waals surface area contributed by atoms with Crippen LogP contribution in [0.5, 0.6) is 0 Å². The number of nitrogen functional groups attached to an aromatic ring is 1. The van der Waals surface area contributed by atoms with Crippen LogP contribution >= 0.6 is 0 Å². The number of carbonyl (C=O) groups excluding carboxylic acids is 1. The molecule has 66 valence electrons. The Morgan fingerprint density at radius 1 is 1.67 bits per heavy atom. The number of aryl methyl sites for hydroxylation is 1. The van der Waals surface area contributed by atoms with Gasteiger partial charge in [-0.15, -0.1) is 0 Å². The molecule has 0 aliphatic rings. The summed E-state index contributed by atoms with van der Waals surface area (Å²) in [5.74, 6) is 0.313. The molecule has 1 aromatic rings. The average molecular weight is 168 g/mol. The van der Waals surface area contributed by atoms with Gasteiger partial charge in [-0.25, -0.2) is 0 Å². The van der Waals surface area contributed by atoms with Gasteiger partial charge in [-0.1, -0.05) is 0 Å². The molecular weight excluding hydrogens is 156 g/mol. The minimum Gasteiger partial charge on any atom is -0.384 e. The number of nitrogens with two attached hydrogens (primary N) is 1. The lowest BCUT2D eigenvalue weighted by molar-refractivity contribution is 0.0957. The highest BCUT2D eigenvalue weighted by Gasteiger charge is 2.14. The Balaban J connectivity index is 3.17. The Morgan fingerprint density at radius 2 is 2.25 bits per heavy atom. The van der Waals surface area contributed by atoms with Crippen LogP contribution < -0.4 is 11.1 Å². The van der Waals surface area contributed by atoms with Crippen molar-refractivity contribution in [2.45, 2.75) is 6.92 Å². The first kappa shape index (κ1) is 8.58. The van der Waals surface area contributed by atoms with Gasteiger partial charge >= 0.3 is 0 Å². The zero-order valence-electron chi connectivity index (χ0n) is 7.38. The second-order valence-electron chi connectivity index (χ2n) is 2.56. The van der Waals surface area contributed by atoms with E-state index in [1.165, 1.54) is 4.68 Å². The van der Waals surface area contributed by atoms with E-state index in [9.17, 15) is 4.79 Å². The van der Waals surface area contributed by atoms with Crippen molar-refractivity contribution >= 4 is 11.7 Å². The van der Waals surface area contributed by atoms with Crippen molar-refractivity contribution in [3.63, 3.8) is 0 Å². The Kier molecular flexibility index (Phi) is 2.03. The number of nitrogens with zero attached hydrogens (tertiary/aromatic N) is 2. The van der Waals surface area contributed by atoms with Crippen molar-refractivity contribution in [2.24, 2.45) is 7.05 Å². The maximum atomic E-state index is 11.2. The van der Waals surface area contributed by atoms with E-state index in [-0.39, 0.29) is 5.91 Å². The first-order chi connectivity index (χ1) is 5.57. The molecular formula is C7H12N4O. The smallest absolute Gasteiger partial charge is 0.271 e. The molecule has 0 saturated heterocycles. The van der Waals surface area contributed by atoms with Crippen molar-refractivity contribution in [3.05, 3.63) is 11.3 Å². The van der Waals surface area contributed by atoms with Crippen LogP contribution in [0.4, 0.5) is 5.82 Å². The average Bonchev–Trinajstić information content (AvgIpc) is 2.32. The van der Waals surface area contributed by atoms with Crippen LogP contribution in [0, 0.1) is 6.92 Å². The van der Waals surface area contributed by atoms with E-state index in [2.05, 4.69) is 10.4 Å². The molecule has 0 aliphatic carbocycles. The second-order valence-corrected chi connectivity index (χ2v) is 2.56. The van der Waals surface area contributed by atoms with Crippen molar-refractivity contribution in [1.29, 1.82) is 0 Å². The molecule has 0 saturated carbocycles. The highest BCUT2D eigenvalue weighted by atomic mass is 16.1. The number of nitrogens with one attached hydrogen (secondary N) is 1. The van der Waals surface area contributed by atoms with E-state index in [1.807, 2.05) is 0 Å². The van der Waals surface area contributed by atoms with Gasteiger partial charge in [0, 0.05) is 19.7 Å². The van der Waals surface area contributed by atoms with Gasteiger partial charge in [0.25, 0.3) is 5.91 Å². The molecule has 0 aromatic carbocycles. The van der Waals surface area contributed by atoms with Gasteiger partial charge in [0.05, 0.1) is 0 Å². The Hall–Kier alpha value is -1.52. The molecule has 5 heteroatoms. The molecule has 1 rings (SSSR count). The summed E-state index contributed by atoms with van der Waals surface area (Å²) in [4.78, 5) is 11.2. The third-order valence-electron chi connectivity index (χ3n) is 1.78. The van der Waals surface area contributed by atoms with Crippen molar-refractivity contribution < 1.29 is 4.79 Å². The predicted octanol–water partition coefficient (Wildman–Crippen LogP) is -0.330. The van der Waals surface area contributed by atoms with Gasteiger partial charge in [-0.2, -0.15) is 5.10 Å². The van der Waals surface area contributed by atoms with E-state index >= 15 is 0 Å². The quantitative estimate of drug-likeness (QED) is 0.603. The zero-order chi connectivity index (χ0) is 9.30. The van der Waals surface area contributed by atoms with E-state index in [4.69, 9.17) is 5.73 Å². The lowest BCUT2D eigenvalue weighted by Crippen LogP contribution is -2.19. The summed E-state index contributed by atoms with van der Waals surface area (Å²) < 4.78 is 1.49. The van der Waals surface area contributed by atoms with Crippen LogP contribution in [0.15, 0.2) is 0 Å². The first-order valence-corrected chi connectivity index (χ1v) is 3.59. The molecule has 1 amide bonds.